The molecule has 1 atom stereocenters. The topological polar surface area (TPSA) is 66.8 Å². The molecular formula is C9H10O4S. The highest BCUT2D eigenvalue weighted by Crippen LogP contribution is 2.26. The average molecular weight is 214 g/mol. The van der Waals surface area contributed by atoms with Gasteiger partial charge in [-0.2, -0.15) is 0 Å². The van der Waals surface area contributed by atoms with Gasteiger partial charge in [0.2, 0.25) is 0 Å². The fourth-order valence-electron chi connectivity index (χ4n) is 0.785. The first-order chi connectivity index (χ1) is 6.65. The van der Waals surface area contributed by atoms with Crippen molar-refractivity contribution in [3.63, 3.8) is 0 Å². The predicted octanol–water partition coefficient (Wildman–Crippen LogP) is 1.32. The minimum atomic E-state index is -1.64. The molecule has 0 aromatic heterocycles. The van der Waals surface area contributed by atoms with E-state index in [1.807, 2.05) is 0 Å². The van der Waals surface area contributed by atoms with E-state index in [4.69, 9.17) is 14.4 Å². The summed E-state index contributed by atoms with van der Waals surface area (Å²) in [5.41, 5.74) is 0. The molecule has 5 heteroatoms. The molecule has 0 saturated carbocycles. The second-order valence-electron chi connectivity index (χ2n) is 2.46. The lowest BCUT2D eigenvalue weighted by Gasteiger charge is -2.02. The molecule has 0 aliphatic rings. The van der Waals surface area contributed by atoms with Crippen molar-refractivity contribution in [1.29, 1.82) is 0 Å². The molecule has 0 aliphatic carbocycles. The second kappa shape index (κ2) is 4.78. The van der Waals surface area contributed by atoms with E-state index in [-0.39, 0.29) is 18.1 Å². The first-order valence-corrected chi connectivity index (χ1v) is 4.90. The Morgan fingerprint density at radius 3 is 2.71 bits per heavy atom. The number of aromatic hydroxyl groups is 2. The third-order valence-corrected chi connectivity index (χ3v) is 2.42. The minimum Gasteiger partial charge on any atom is -0.504 e. The Morgan fingerprint density at radius 1 is 1.43 bits per heavy atom. The third kappa shape index (κ3) is 2.58. The summed E-state index contributed by atoms with van der Waals surface area (Å²) in [7, 11) is 0. The summed E-state index contributed by atoms with van der Waals surface area (Å²) in [6.07, 6.45) is 1.47. The lowest BCUT2D eigenvalue weighted by Crippen LogP contribution is -1.97. The fraction of sp³-hybridized carbons (Fsp3) is 0.111. The van der Waals surface area contributed by atoms with Crippen LogP contribution in [0.5, 0.6) is 11.5 Å². The van der Waals surface area contributed by atoms with E-state index in [0.29, 0.717) is 4.90 Å². The normalized spacial score (nSPS) is 12.3. The molecule has 0 fully saturated rings. The number of hydrogen-bond donors (Lipinski definition) is 2. The van der Waals surface area contributed by atoms with Gasteiger partial charge in [-0.25, -0.2) is 4.21 Å². The number of hydrogen-bond acceptors (Lipinski definition) is 4. The molecule has 1 unspecified atom stereocenters. The van der Waals surface area contributed by atoms with Crippen LogP contribution in [0.15, 0.2) is 35.7 Å². The van der Waals surface area contributed by atoms with Crippen molar-refractivity contribution in [3.05, 3.63) is 30.9 Å². The van der Waals surface area contributed by atoms with Gasteiger partial charge in [0.05, 0.1) is 11.5 Å². The molecule has 0 spiro atoms. The number of benzene rings is 1. The summed E-state index contributed by atoms with van der Waals surface area (Å²) in [5.74, 6) is -0.576. The first-order valence-electron chi connectivity index (χ1n) is 3.83. The van der Waals surface area contributed by atoms with E-state index in [0.717, 1.165) is 0 Å². The van der Waals surface area contributed by atoms with Crippen LogP contribution in [0.2, 0.25) is 0 Å². The average Bonchev–Trinajstić information content (AvgIpc) is 2.18. The largest absolute Gasteiger partial charge is 0.504 e. The maximum atomic E-state index is 11.3. The Labute approximate surface area is 84.1 Å². The highest BCUT2D eigenvalue weighted by Gasteiger charge is 2.07. The summed E-state index contributed by atoms with van der Waals surface area (Å²) in [5, 5.41) is 18.1. The molecule has 0 aliphatic heterocycles. The maximum Gasteiger partial charge on any atom is 0.189 e. The number of phenolic OH excluding ortho intramolecular Hbond substituents is 2. The van der Waals surface area contributed by atoms with Gasteiger partial charge in [0, 0.05) is 6.07 Å². The highest BCUT2D eigenvalue weighted by atomic mass is 32.2. The Hall–Kier alpha value is -1.33. The Morgan fingerprint density at radius 2 is 2.14 bits per heavy atom. The Kier molecular flexibility index (Phi) is 3.67. The SMILES string of the molecule is C=CCOS(=O)c1ccc(O)c(O)c1. The second-order valence-corrected chi connectivity index (χ2v) is 3.63. The molecule has 0 bridgehead atoms. The van der Waals surface area contributed by atoms with Crippen LogP contribution in [0.3, 0.4) is 0 Å². The molecule has 0 saturated heterocycles. The third-order valence-electron chi connectivity index (χ3n) is 1.43. The van der Waals surface area contributed by atoms with Crippen LogP contribution >= 0.6 is 0 Å². The van der Waals surface area contributed by atoms with Gasteiger partial charge in [-0.15, -0.1) is 6.58 Å². The summed E-state index contributed by atoms with van der Waals surface area (Å²) >= 11 is -1.64. The number of rotatable bonds is 4. The maximum absolute atomic E-state index is 11.3. The Balaban J connectivity index is 2.80. The molecule has 1 rings (SSSR count). The summed E-state index contributed by atoms with van der Waals surface area (Å²) in [6, 6.07) is 3.85. The zero-order chi connectivity index (χ0) is 10.6. The Bertz CT molecular complexity index is 362. The van der Waals surface area contributed by atoms with E-state index >= 15 is 0 Å². The van der Waals surface area contributed by atoms with Crippen LogP contribution in [0, 0.1) is 0 Å². The van der Waals surface area contributed by atoms with Crippen LogP contribution in [0.4, 0.5) is 0 Å². The van der Waals surface area contributed by atoms with Gasteiger partial charge in [-0.1, -0.05) is 6.08 Å². The number of phenols is 2. The van der Waals surface area contributed by atoms with E-state index in [2.05, 4.69) is 6.58 Å². The van der Waals surface area contributed by atoms with Crippen molar-refractivity contribution in [2.24, 2.45) is 0 Å². The van der Waals surface area contributed by atoms with Crippen LogP contribution < -0.4 is 0 Å². The van der Waals surface area contributed by atoms with E-state index in [9.17, 15) is 4.21 Å². The molecular weight excluding hydrogens is 204 g/mol. The van der Waals surface area contributed by atoms with Crippen molar-refractivity contribution in [3.8, 4) is 11.5 Å². The lowest BCUT2D eigenvalue weighted by molar-refractivity contribution is 0.391. The van der Waals surface area contributed by atoms with Crippen molar-refractivity contribution in [2.45, 2.75) is 4.90 Å². The van der Waals surface area contributed by atoms with Crippen LogP contribution in [-0.2, 0) is 15.3 Å². The van der Waals surface area contributed by atoms with Gasteiger partial charge in [-0.3, -0.25) is 4.18 Å². The molecule has 1 aromatic carbocycles. The summed E-state index contributed by atoms with van der Waals surface area (Å²) < 4.78 is 16.1. The summed E-state index contributed by atoms with van der Waals surface area (Å²) in [4.78, 5) is 0.294. The lowest BCUT2D eigenvalue weighted by atomic mass is 10.3. The van der Waals surface area contributed by atoms with Gasteiger partial charge in [0.1, 0.15) is 0 Å². The van der Waals surface area contributed by atoms with Gasteiger partial charge in [0.25, 0.3) is 0 Å². The molecule has 76 valence electrons. The van der Waals surface area contributed by atoms with Crippen LogP contribution in [0.25, 0.3) is 0 Å². The standard InChI is InChI=1S/C9H10O4S/c1-2-5-13-14(12)7-3-4-8(10)9(11)6-7/h2-4,6,10-11H,1,5H2. The monoisotopic (exact) mass is 214 g/mol. The van der Waals surface area contributed by atoms with Gasteiger partial charge in [-0.05, 0) is 12.1 Å². The van der Waals surface area contributed by atoms with Gasteiger partial charge < -0.3 is 10.2 Å². The predicted molar refractivity (Wildman–Crippen MR) is 52.3 cm³/mol. The highest BCUT2D eigenvalue weighted by molar-refractivity contribution is 7.80. The molecule has 2 N–H and O–H groups in total. The van der Waals surface area contributed by atoms with Crippen molar-refractivity contribution < 1.29 is 18.6 Å². The quantitative estimate of drug-likeness (QED) is 0.586. The van der Waals surface area contributed by atoms with E-state index in [1.54, 1.807) is 0 Å². The minimum absolute atomic E-state index is 0.161. The van der Waals surface area contributed by atoms with Crippen LogP contribution in [-0.4, -0.2) is 21.0 Å². The van der Waals surface area contributed by atoms with Gasteiger partial charge >= 0.3 is 0 Å². The van der Waals surface area contributed by atoms with Crippen molar-refractivity contribution in [1.82, 2.24) is 0 Å². The fourth-order valence-corrected chi connectivity index (χ4v) is 1.53. The van der Waals surface area contributed by atoms with Crippen LogP contribution in [0.1, 0.15) is 0 Å². The molecule has 0 radical (unpaired) electrons. The van der Waals surface area contributed by atoms with Crippen molar-refractivity contribution >= 4 is 11.1 Å². The zero-order valence-corrected chi connectivity index (χ0v) is 8.16. The van der Waals surface area contributed by atoms with E-state index in [1.165, 1.54) is 24.3 Å². The molecule has 0 heterocycles. The van der Waals surface area contributed by atoms with E-state index < -0.39 is 11.1 Å². The molecule has 0 amide bonds. The molecule has 14 heavy (non-hydrogen) atoms. The van der Waals surface area contributed by atoms with Gasteiger partial charge in [0.15, 0.2) is 22.6 Å². The first kappa shape index (κ1) is 10.7. The summed E-state index contributed by atoms with van der Waals surface area (Å²) in [6.45, 7) is 3.57. The molecule has 1 aromatic rings. The smallest absolute Gasteiger partial charge is 0.189 e. The molecule has 4 nitrogen and oxygen atoms in total. The zero-order valence-electron chi connectivity index (χ0n) is 7.34. The van der Waals surface area contributed by atoms with Crippen molar-refractivity contribution in [2.75, 3.05) is 6.61 Å².